The van der Waals surface area contributed by atoms with Crippen molar-refractivity contribution in [3.63, 3.8) is 0 Å². The first-order valence-electron chi connectivity index (χ1n) is 3.90. The van der Waals surface area contributed by atoms with Crippen LogP contribution in [-0.2, 0) is 0 Å². The fourth-order valence-electron chi connectivity index (χ4n) is 1.24. The molecule has 2 aromatic heterocycles. The number of carboxylic acid groups (broad SMARTS) is 1. The molecule has 0 aliphatic rings. The van der Waals surface area contributed by atoms with E-state index < -0.39 is 6.09 Å². The van der Waals surface area contributed by atoms with Gasteiger partial charge in [0.1, 0.15) is 0 Å². The van der Waals surface area contributed by atoms with Gasteiger partial charge in [0.2, 0.25) is 0 Å². The lowest BCUT2D eigenvalue weighted by atomic mass is 10.3. The average molecular weight is 190 g/mol. The van der Waals surface area contributed by atoms with E-state index in [2.05, 4.69) is 4.98 Å². The molecule has 0 unspecified atom stereocenters. The van der Waals surface area contributed by atoms with E-state index >= 15 is 0 Å². The topological polar surface area (TPSA) is 72.2 Å². The highest BCUT2D eigenvalue weighted by molar-refractivity contribution is 5.84. The molecule has 0 spiro atoms. The summed E-state index contributed by atoms with van der Waals surface area (Å²) in [5.41, 5.74) is -0.0712. The Morgan fingerprint density at radius 1 is 1.43 bits per heavy atom. The summed E-state index contributed by atoms with van der Waals surface area (Å²) in [5.74, 6) is 0. The van der Waals surface area contributed by atoms with Gasteiger partial charge in [0, 0.05) is 18.5 Å². The molecule has 0 fully saturated rings. The Labute approximate surface area is 78.2 Å². The molecule has 0 atom stereocenters. The van der Waals surface area contributed by atoms with Crippen molar-refractivity contribution < 1.29 is 9.90 Å². The first-order valence-corrected chi connectivity index (χ1v) is 3.90. The molecule has 2 rings (SSSR count). The highest BCUT2D eigenvalue weighted by Gasteiger charge is 2.07. The number of rotatable bonds is 0. The molecule has 0 aromatic carbocycles. The van der Waals surface area contributed by atoms with Crippen LogP contribution in [0.1, 0.15) is 0 Å². The van der Waals surface area contributed by atoms with E-state index in [0.29, 0.717) is 5.39 Å². The van der Waals surface area contributed by atoms with E-state index in [0.717, 1.165) is 4.57 Å². The molecule has 2 aromatic rings. The van der Waals surface area contributed by atoms with Crippen LogP contribution in [0.4, 0.5) is 4.79 Å². The normalized spacial score (nSPS) is 10.3. The third-order valence-electron chi connectivity index (χ3n) is 1.86. The van der Waals surface area contributed by atoms with E-state index in [4.69, 9.17) is 5.11 Å². The minimum Gasteiger partial charge on any atom is -0.464 e. The van der Waals surface area contributed by atoms with Crippen molar-refractivity contribution in [2.75, 3.05) is 0 Å². The van der Waals surface area contributed by atoms with Crippen LogP contribution in [0.2, 0.25) is 0 Å². The maximum absolute atomic E-state index is 11.3. The summed E-state index contributed by atoms with van der Waals surface area (Å²) >= 11 is 0. The largest absolute Gasteiger partial charge is 0.464 e. The van der Waals surface area contributed by atoms with Crippen molar-refractivity contribution in [1.82, 2.24) is 9.55 Å². The highest BCUT2D eigenvalue weighted by Crippen LogP contribution is 2.04. The van der Waals surface area contributed by atoms with Crippen molar-refractivity contribution in [3.8, 4) is 0 Å². The second-order valence-corrected chi connectivity index (χ2v) is 2.71. The highest BCUT2D eigenvalue weighted by atomic mass is 16.4. The van der Waals surface area contributed by atoms with Crippen LogP contribution >= 0.6 is 0 Å². The summed E-state index contributed by atoms with van der Waals surface area (Å²) in [6, 6.07) is 4.35. The Bertz CT molecular complexity index is 559. The second kappa shape index (κ2) is 2.95. The fraction of sp³-hybridized carbons (Fsp3) is 0. The van der Waals surface area contributed by atoms with Crippen LogP contribution in [0.15, 0.2) is 35.4 Å². The van der Waals surface area contributed by atoms with Gasteiger partial charge in [-0.1, -0.05) is 0 Å². The molecule has 0 aliphatic heterocycles. The minimum atomic E-state index is -1.16. The zero-order chi connectivity index (χ0) is 10.1. The van der Waals surface area contributed by atoms with Gasteiger partial charge in [-0.2, -0.15) is 0 Å². The lowest BCUT2D eigenvalue weighted by Crippen LogP contribution is -2.14. The molecular weight excluding hydrogens is 184 g/mol. The predicted molar refractivity (Wildman–Crippen MR) is 49.4 cm³/mol. The van der Waals surface area contributed by atoms with E-state index in [1.165, 1.54) is 18.5 Å². The molecule has 5 heteroatoms. The maximum Gasteiger partial charge on any atom is 0.417 e. The Morgan fingerprint density at radius 2 is 2.21 bits per heavy atom. The first-order chi connectivity index (χ1) is 6.70. The van der Waals surface area contributed by atoms with Crippen LogP contribution < -0.4 is 5.43 Å². The molecule has 0 bridgehead atoms. The summed E-state index contributed by atoms with van der Waals surface area (Å²) in [6.45, 7) is 0. The first kappa shape index (κ1) is 8.43. The Balaban J connectivity index is 2.96. The van der Waals surface area contributed by atoms with Crippen molar-refractivity contribution in [1.29, 1.82) is 0 Å². The number of nitrogens with zero attached hydrogens (tertiary/aromatic N) is 2. The molecule has 1 N–H and O–H groups in total. The number of fused-ring (bicyclic) bond motifs is 1. The van der Waals surface area contributed by atoms with Gasteiger partial charge in [0.15, 0.2) is 11.1 Å². The predicted octanol–water partition coefficient (Wildman–Crippen LogP) is 0.923. The van der Waals surface area contributed by atoms with E-state index in [1.807, 2.05) is 0 Å². The fourth-order valence-corrected chi connectivity index (χ4v) is 1.24. The number of hydrogen-bond donors (Lipinski definition) is 1. The van der Waals surface area contributed by atoms with Crippen LogP contribution in [-0.4, -0.2) is 20.8 Å². The minimum absolute atomic E-state index is 0.160. The second-order valence-electron chi connectivity index (χ2n) is 2.71. The van der Waals surface area contributed by atoms with Gasteiger partial charge < -0.3 is 5.11 Å². The van der Waals surface area contributed by atoms with E-state index in [9.17, 15) is 9.59 Å². The number of carbonyl (C=O) groups is 1. The number of hydrogen-bond acceptors (Lipinski definition) is 3. The summed E-state index contributed by atoms with van der Waals surface area (Å²) in [7, 11) is 0. The quantitative estimate of drug-likeness (QED) is 0.670. The lowest BCUT2D eigenvalue weighted by molar-refractivity contribution is 0.197. The monoisotopic (exact) mass is 190 g/mol. The SMILES string of the molecule is O=C(O)n1ccc(=O)c2cccnc21. The maximum atomic E-state index is 11.3. The summed E-state index contributed by atoms with van der Waals surface area (Å²) in [5, 5.41) is 9.10. The number of aromatic nitrogens is 2. The third-order valence-corrected chi connectivity index (χ3v) is 1.86. The molecule has 14 heavy (non-hydrogen) atoms. The molecule has 2 heterocycles. The zero-order valence-electron chi connectivity index (χ0n) is 7.04. The third kappa shape index (κ3) is 1.15. The van der Waals surface area contributed by atoms with Crippen LogP contribution in [0, 0.1) is 0 Å². The van der Waals surface area contributed by atoms with Crippen molar-refractivity contribution in [3.05, 3.63) is 40.8 Å². The van der Waals surface area contributed by atoms with Gasteiger partial charge >= 0.3 is 6.09 Å². The van der Waals surface area contributed by atoms with Crippen LogP contribution in [0.25, 0.3) is 11.0 Å². The van der Waals surface area contributed by atoms with E-state index in [-0.39, 0.29) is 11.1 Å². The molecule has 0 saturated carbocycles. The summed E-state index contributed by atoms with van der Waals surface area (Å²) < 4.78 is 0.913. The molecule has 0 aliphatic carbocycles. The van der Waals surface area contributed by atoms with Gasteiger partial charge in [0.25, 0.3) is 0 Å². The van der Waals surface area contributed by atoms with Crippen LogP contribution in [0.5, 0.6) is 0 Å². The van der Waals surface area contributed by atoms with Gasteiger partial charge in [-0.15, -0.1) is 0 Å². The molecule has 70 valence electrons. The lowest BCUT2D eigenvalue weighted by Gasteiger charge is -2.02. The zero-order valence-corrected chi connectivity index (χ0v) is 7.04. The van der Waals surface area contributed by atoms with Gasteiger partial charge in [0.05, 0.1) is 5.39 Å². The van der Waals surface area contributed by atoms with Crippen molar-refractivity contribution >= 4 is 17.1 Å². The Kier molecular flexibility index (Phi) is 1.78. The van der Waals surface area contributed by atoms with Gasteiger partial charge in [-0.05, 0) is 12.1 Å². The molecule has 0 saturated heterocycles. The standard InChI is InChI=1S/C9H6N2O3/c12-7-3-5-11(9(13)14)8-6(7)2-1-4-10-8/h1-5H,(H,13,14). The molecular formula is C9H6N2O3. The molecule has 0 radical (unpaired) electrons. The molecule has 0 amide bonds. The molecule has 5 nitrogen and oxygen atoms in total. The van der Waals surface area contributed by atoms with Gasteiger partial charge in [-0.3, -0.25) is 4.79 Å². The van der Waals surface area contributed by atoms with Crippen molar-refractivity contribution in [2.24, 2.45) is 0 Å². The summed E-state index contributed by atoms with van der Waals surface area (Å²) in [4.78, 5) is 25.9. The summed E-state index contributed by atoms with van der Waals surface area (Å²) in [6.07, 6.45) is 1.48. The van der Waals surface area contributed by atoms with Gasteiger partial charge in [-0.25, -0.2) is 14.3 Å². The average Bonchev–Trinajstić information content (AvgIpc) is 2.18. The van der Waals surface area contributed by atoms with Crippen LogP contribution in [0.3, 0.4) is 0 Å². The van der Waals surface area contributed by atoms with Crippen molar-refractivity contribution in [2.45, 2.75) is 0 Å². The Morgan fingerprint density at radius 3 is 2.93 bits per heavy atom. The smallest absolute Gasteiger partial charge is 0.417 e. The Hall–Kier alpha value is -2.17. The number of pyridine rings is 2. The van der Waals surface area contributed by atoms with E-state index in [1.54, 1.807) is 12.1 Å².